The highest BCUT2D eigenvalue weighted by molar-refractivity contribution is 6.02. The summed E-state index contributed by atoms with van der Waals surface area (Å²) in [4.78, 5) is 2.14. The third kappa shape index (κ3) is 3.44. The third-order valence-corrected chi connectivity index (χ3v) is 6.26. The van der Waals surface area contributed by atoms with Crippen LogP contribution in [0, 0.1) is 11.3 Å². The maximum Gasteiger partial charge on any atom is 0.0420 e. The standard InChI is InChI=1S/C23H32N2/c1-15-13-21(17(3)16(15)2)20-12-11-19(25(4)5)14-22(20)23(24)18-9-7-6-8-10-18/h11-14,18,21,24H,6-10H2,1-5H3. The average Bonchev–Trinajstić information content (AvgIpc) is 2.88. The SMILES string of the molecule is CC1=CC(c2ccc(N(C)C)cc2C(=N)C2CCCCC2)C(C)=C1C. The maximum atomic E-state index is 8.98. The van der Waals surface area contributed by atoms with E-state index < -0.39 is 0 Å². The van der Waals surface area contributed by atoms with E-state index in [1.807, 2.05) is 0 Å². The molecule has 0 amide bonds. The molecule has 25 heavy (non-hydrogen) atoms. The molecule has 0 spiro atoms. The van der Waals surface area contributed by atoms with Crippen LogP contribution in [0.5, 0.6) is 0 Å². The Kier molecular flexibility index (Phi) is 5.17. The summed E-state index contributed by atoms with van der Waals surface area (Å²) in [7, 11) is 4.16. The number of allylic oxidation sites excluding steroid dienone is 4. The fourth-order valence-corrected chi connectivity index (χ4v) is 4.31. The molecule has 1 aromatic carbocycles. The van der Waals surface area contributed by atoms with Crippen LogP contribution in [0.3, 0.4) is 0 Å². The summed E-state index contributed by atoms with van der Waals surface area (Å²) in [6.45, 7) is 6.68. The van der Waals surface area contributed by atoms with E-state index in [0.29, 0.717) is 11.8 Å². The second-order valence-electron chi connectivity index (χ2n) is 8.05. The monoisotopic (exact) mass is 336 g/mol. The van der Waals surface area contributed by atoms with Gasteiger partial charge in [-0.2, -0.15) is 0 Å². The maximum absolute atomic E-state index is 8.98. The highest BCUT2D eigenvalue weighted by Gasteiger charge is 2.27. The molecule has 1 saturated carbocycles. The summed E-state index contributed by atoms with van der Waals surface area (Å²) in [6, 6.07) is 6.71. The second-order valence-corrected chi connectivity index (χ2v) is 8.05. The van der Waals surface area contributed by atoms with Crippen LogP contribution < -0.4 is 4.90 Å². The lowest BCUT2D eigenvalue weighted by atomic mass is 9.79. The van der Waals surface area contributed by atoms with Crippen molar-refractivity contribution >= 4 is 11.4 Å². The first-order valence-corrected chi connectivity index (χ1v) is 9.66. The molecule has 0 radical (unpaired) electrons. The van der Waals surface area contributed by atoms with E-state index in [1.54, 1.807) is 0 Å². The van der Waals surface area contributed by atoms with Gasteiger partial charge in [0.25, 0.3) is 0 Å². The first kappa shape index (κ1) is 18.0. The Labute approximate surface area is 153 Å². The van der Waals surface area contributed by atoms with Gasteiger partial charge >= 0.3 is 0 Å². The van der Waals surface area contributed by atoms with Gasteiger partial charge in [-0.3, -0.25) is 0 Å². The zero-order chi connectivity index (χ0) is 18.1. The summed E-state index contributed by atoms with van der Waals surface area (Å²) < 4.78 is 0. The smallest absolute Gasteiger partial charge is 0.0420 e. The van der Waals surface area contributed by atoms with Crippen molar-refractivity contribution < 1.29 is 0 Å². The summed E-state index contributed by atoms with van der Waals surface area (Å²) >= 11 is 0. The number of rotatable bonds is 4. The normalized spacial score (nSPS) is 21.5. The molecular formula is C23H32N2. The predicted octanol–water partition coefficient (Wildman–Crippen LogP) is 6.08. The van der Waals surface area contributed by atoms with Gasteiger partial charge in [-0.1, -0.05) is 42.6 Å². The Morgan fingerprint density at radius 1 is 1.04 bits per heavy atom. The molecule has 2 heteroatoms. The van der Waals surface area contributed by atoms with Crippen LogP contribution in [-0.4, -0.2) is 19.8 Å². The molecule has 1 N–H and O–H groups in total. The quantitative estimate of drug-likeness (QED) is 0.663. The first-order valence-electron chi connectivity index (χ1n) is 9.66. The molecule has 0 aromatic heterocycles. The molecule has 1 aromatic rings. The fraction of sp³-hybridized carbons (Fsp3) is 0.522. The average molecular weight is 337 g/mol. The predicted molar refractivity (Wildman–Crippen MR) is 109 cm³/mol. The Morgan fingerprint density at radius 2 is 1.72 bits per heavy atom. The Balaban J connectivity index is 2.05. The molecule has 3 rings (SSSR count). The molecule has 0 bridgehead atoms. The van der Waals surface area contributed by atoms with E-state index in [0.717, 1.165) is 5.71 Å². The summed E-state index contributed by atoms with van der Waals surface area (Å²) in [5.74, 6) is 0.761. The topological polar surface area (TPSA) is 27.1 Å². The van der Waals surface area contributed by atoms with Crippen LogP contribution in [0.25, 0.3) is 0 Å². The molecule has 2 aliphatic carbocycles. The number of hydrogen-bond acceptors (Lipinski definition) is 2. The molecular weight excluding hydrogens is 304 g/mol. The van der Waals surface area contributed by atoms with E-state index in [1.165, 1.54) is 65.6 Å². The largest absolute Gasteiger partial charge is 0.378 e. The van der Waals surface area contributed by atoms with E-state index in [4.69, 9.17) is 5.41 Å². The Bertz CT molecular complexity index is 730. The fourth-order valence-electron chi connectivity index (χ4n) is 4.31. The van der Waals surface area contributed by atoms with Crippen LogP contribution in [0.2, 0.25) is 0 Å². The minimum Gasteiger partial charge on any atom is -0.378 e. The van der Waals surface area contributed by atoms with Crippen molar-refractivity contribution in [1.82, 2.24) is 0 Å². The Hall–Kier alpha value is -1.83. The zero-order valence-electron chi connectivity index (χ0n) is 16.4. The molecule has 1 atom stereocenters. The van der Waals surface area contributed by atoms with Gasteiger partial charge in [0.05, 0.1) is 0 Å². The van der Waals surface area contributed by atoms with E-state index in [9.17, 15) is 0 Å². The van der Waals surface area contributed by atoms with Gasteiger partial charge < -0.3 is 10.3 Å². The van der Waals surface area contributed by atoms with Gasteiger partial charge in [0.15, 0.2) is 0 Å². The van der Waals surface area contributed by atoms with E-state index >= 15 is 0 Å². The molecule has 2 aliphatic rings. The van der Waals surface area contributed by atoms with Crippen molar-refractivity contribution in [2.24, 2.45) is 5.92 Å². The van der Waals surface area contributed by atoms with Crippen LogP contribution in [0.1, 0.15) is 69.9 Å². The lowest BCUT2D eigenvalue weighted by Crippen LogP contribution is -2.21. The van der Waals surface area contributed by atoms with Crippen molar-refractivity contribution in [3.05, 3.63) is 52.1 Å². The molecule has 134 valence electrons. The second kappa shape index (κ2) is 7.19. The summed E-state index contributed by atoms with van der Waals surface area (Å²) in [5, 5.41) is 8.98. The van der Waals surface area contributed by atoms with Crippen molar-refractivity contribution in [3.8, 4) is 0 Å². The molecule has 2 nitrogen and oxygen atoms in total. The molecule has 0 aliphatic heterocycles. The summed E-state index contributed by atoms with van der Waals surface area (Å²) in [5.41, 5.74) is 8.77. The van der Waals surface area contributed by atoms with Gasteiger partial charge in [-0.05, 0) is 56.9 Å². The minimum atomic E-state index is 0.329. The lowest BCUT2D eigenvalue weighted by Gasteiger charge is -2.26. The molecule has 0 heterocycles. The van der Waals surface area contributed by atoms with Gasteiger partial charge in [-0.15, -0.1) is 0 Å². The van der Waals surface area contributed by atoms with Crippen molar-refractivity contribution in [2.75, 3.05) is 19.0 Å². The zero-order valence-corrected chi connectivity index (χ0v) is 16.4. The molecule has 1 fully saturated rings. The number of nitrogens with zero attached hydrogens (tertiary/aromatic N) is 1. The van der Waals surface area contributed by atoms with Crippen LogP contribution >= 0.6 is 0 Å². The van der Waals surface area contributed by atoms with Crippen molar-refractivity contribution in [3.63, 3.8) is 0 Å². The van der Waals surface area contributed by atoms with Gasteiger partial charge in [0.2, 0.25) is 0 Å². The van der Waals surface area contributed by atoms with Crippen LogP contribution in [0.4, 0.5) is 5.69 Å². The minimum absolute atomic E-state index is 0.329. The number of hydrogen-bond donors (Lipinski definition) is 1. The highest BCUT2D eigenvalue weighted by atomic mass is 15.1. The Morgan fingerprint density at radius 3 is 2.28 bits per heavy atom. The lowest BCUT2D eigenvalue weighted by molar-refractivity contribution is 0.438. The van der Waals surface area contributed by atoms with E-state index in [-0.39, 0.29) is 0 Å². The molecule has 1 unspecified atom stereocenters. The van der Waals surface area contributed by atoms with Crippen LogP contribution in [0.15, 0.2) is 41.0 Å². The van der Waals surface area contributed by atoms with E-state index in [2.05, 4.69) is 64.0 Å². The number of anilines is 1. The number of nitrogens with one attached hydrogen (secondary N) is 1. The highest BCUT2D eigenvalue weighted by Crippen LogP contribution is 2.41. The van der Waals surface area contributed by atoms with Gasteiger partial charge in [0, 0.05) is 42.9 Å². The first-order chi connectivity index (χ1) is 11.9. The van der Waals surface area contributed by atoms with Crippen molar-refractivity contribution in [1.29, 1.82) is 5.41 Å². The van der Waals surface area contributed by atoms with Gasteiger partial charge in [0.1, 0.15) is 0 Å². The van der Waals surface area contributed by atoms with Gasteiger partial charge in [-0.25, -0.2) is 0 Å². The number of benzene rings is 1. The third-order valence-electron chi connectivity index (χ3n) is 6.26. The van der Waals surface area contributed by atoms with Crippen LogP contribution in [-0.2, 0) is 0 Å². The summed E-state index contributed by atoms with van der Waals surface area (Å²) in [6.07, 6.45) is 8.62. The van der Waals surface area contributed by atoms with Crippen molar-refractivity contribution in [2.45, 2.75) is 58.8 Å². The molecule has 0 saturated heterocycles.